The molecule has 2 nitrogen and oxygen atoms in total. The van der Waals surface area contributed by atoms with Crippen molar-refractivity contribution < 1.29 is 9.90 Å². The Bertz CT molecular complexity index is 168. The lowest BCUT2D eigenvalue weighted by Crippen LogP contribution is -2.16. The molecule has 9 heavy (non-hydrogen) atoms. The summed E-state index contributed by atoms with van der Waals surface area (Å²) in [5.41, 5.74) is -0.259. The summed E-state index contributed by atoms with van der Waals surface area (Å²) in [4.78, 5) is 10.6. The van der Waals surface area contributed by atoms with Crippen LogP contribution in [0, 0.1) is 11.3 Å². The van der Waals surface area contributed by atoms with Gasteiger partial charge in [0, 0.05) is 5.75 Å². The van der Waals surface area contributed by atoms with Gasteiger partial charge in [-0.05, 0) is 18.1 Å². The molecule has 2 aliphatic rings. The van der Waals surface area contributed by atoms with Crippen LogP contribution in [0.15, 0.2) is 0 Å². The molecule has 2 unspecified atom stereocenters. The smallest absolute Gasteiger partial charge is 0.310 e. The molecule has 2 fully saturated rings. The summed E-state index contributed by atoms with van der Waals surface area (Å²) in [5.74, 6) is 1.87. The van der Waals surface area contributed by atoms with E-state index in [0.29, 0.717) is 5.92 Å². The van der Waals surface area contributed by atoms with E-state index in [4.69, 9.17) is 5.11 Å². The zero-order chi connectivity index (χ0) is 6.48. The molecule has 3 heteroatoms. The second kappa shape index (κ2) is 1.45. The average Bonchev–Trinajstić information content (AvgIpc) is 2.38. The number of rotatable bonds is 1. The topological polar surface area (TPSA) is 37.3 Å². The molecule has 1 aliphatic carbocycles. The van der Waals surface area contributed by atoms with Gasteiger partial charge in [0.15, 0.2) is 0 Å². The summed E-state index contributed by atoms with van der Waals surface area (Å²) >= 11 is 1.78. The predicted octanol–water partition coefficient (Wildman–Crippen LogP) is 0.824. The fourth-order valence-corrected chi connectivity index (χ4v) is 3.16. The molecule has 2 atom stereocenters. The highest BCUT2D eigenvalue weighted by molar-refractivity contribution is 7.99. The maximum absolute atomic E-state index is 10.6. The van der Waals surface area contributed by atoms with Crippen LogP contribution in [0.3, 0.4) is 0 Å². The SMILES string of the molecule is O=C(O)C12CSCC1C2. The van der Waals surface area contributed by atoms with E-state index in [0.717, 1.165) is 17.9 Å². The quantitative estimate of drug-likeness (QED) is 0.592. The first-order valence-electron chi connectivity index (χ1n) is 3.07. The van der Waals surface area contributed by atoms with Crippen molar-refractivity contribution in [3.05, 3.63) is 0 Å². The van der Waals surface area contributed by atoms with Crippen molar-refractivity contribution in [1.29, 1.82) is 0 Å². The number of aliphatic carboxylic acids is 1. The molecule has 0 amide bonds. The molecular weight excluding hydrogens is 136 g/mol. The number of carboxylic acids is 1. The van der Waals surface area contributed by atoms with Crippen molar-refractivity contribution in [3.8, 4) is 0 Å². The molecule has 0 bridgehead atoms. The van der Waals surface area contributed by atoms with E-state index in [2.05, 4.69) is 0 Å². The summed E-state index contributed by atoms with van der Waals surface area (Å²) in [6, 6.07) is 0. The van der Waals surface area contributed by atoms with Crippen molar-refractivity contribution in [2.75, 3.05) is 11.5 Å². The molecule has 1 N–H and O–H groups in total. The van der Waals surface area contributed by atoms with Gasteiger partial charge in [0.2, 0.25) is 0 Å². The minimum absolute atomic E-state index is 0.259. The summed E-state index contributed by atoms with van der Waals surface area (Å²) in [7, 11) is 0. The van der Waals surface area contributed by atoms with E-state index in [1.807, 2.05) is 0 Å². The third kappa shape index (κ3) is 0.556. The zero-order valence-electron chi connectivity index (χ0n) is 4.96. The van der Waals surface area contributed by atoms with Crippen LogP contribution >= 0.6 is 11.8 Å². The first-order chi connectivity index (χ1) is 4.26. The van der Waals surface area contributed by atoms with Crippen LogP contribution in [-0.4, -0.2) is 22.6 Å². The summed E-state index contributed by atoms with van der Waals surface area (Å²) in [6.45, 7) is 0. The van der Waals surface area contributed by atoms with Gasteiger partial charge in [0.25, 0.3) is 0 Å². The van der Waals surface area contributed by atoms with Crippen molar-refractivity contribution in [3.63, 3.8) is 0 Å². The van der Waals surface area contributed by atoms with E-state index in [1.165, 1.54) is 0 Å². The van der Waals surface area contributed by atoms with Crippen molar-refractivity contribution in [2.24, 2.45) is 11.3 Å². The Morgan fingerprint density at radius 3 is 2.78 bits per heavy atom. The van der Waals surface area contributed by atoms with Crippen LogP contribution in [0.25, 0.3) is 0 Å². The molecule has 0 radical (unpaired) electrons. The van der Waals surface area contributed by atoms with Crippen molar-refractivity contribution in [1.82, 2.24) is 0 Å². The molecule has 1 aliphatic heterocycles. The Morgan fingerprint density at radius 2 is 2.56 bits per heavy atom. The van der Waals surface area contributed by atoms with Gasteiger partial charge in [-0.3, -0.25) is 4.79 Å². The third-order valence-electron chi connectivity index (χ3n) is 2.34. The number of hydrogen-bond acceptors (Lipinski definition) is 2. The van der Waals surface area contributed by atoms with E-state index >= 15 is 0 Å². The molecule has 1 saturated carbocycles. The van der Waals surface area contributed by atoms with E-state index in [1.54, 1.807) is 11.8 Å². The molecule has 1 heterocycles. The van der Waals surface area contributed by atoms with Gasteiger partial charge in [0.05, 0.1) is 5.41 Å². The lowest BCUT2D eigenvalue weighted by molar-refractivity contribution is -0.142. The average molecular weight is 144 g/mol. The molecule has 50 valence electrons. The van der Waals surface area contributed by atoms with Crippen LogP contribution in [0.1, 0.15) is 6.42 Å². The Morgan fingerprint density at radius 1 is 1.78 bits per heavy atom. The highest BCUT2D eigenvalue weighted by Crippen LogP contribution is 2.61. The van der Waals surface area contributed by atoms with Crippen LogP contribution in [0.5, 0.6) is 0 Å². The first-order valence-corrected chi connectivity index (χ1v) is 4.22. The fraction of sp³-hybridized carbons (Fsp3) is 0.833. The Labute approximate surface area is 57.6 Å². The summed E-state index contributed by atoms with van der Waals surface area (Å²) < 4.78 is 0. The second-order valence-corrected chi connectivity index (χ2v) is 3.91. The number of hydrogen-bond donors (Lipinski definition) is 1. The van der Waals surface area contributed by atoms with Crippen LogP contribution < -0.4 is 0 Å². The second-order valence-electron chi connectivity index (χ2n) is 2.88. The number of carbonyl (C=O) groups is 1. The Hall–Kier alpha value is -0.180. The maximum atomic E-state index is 10.6. The fourth-order valence-electron chi connectivity index (χ4n) is 1.48. The van der Waals surface area contributed by atoms with E-state index < -0.39 is 5.97 Å². The van der Waals surface area contributed by atoms with Gasteiger partial charge >= 0.3 is 5.97 Å². The minimum atomic E-state index is -0.572. The lowest BCUT2D eigenvalue weighted by atomic mass is 10.1. The summed E-state index contributed by atoms with van der Waals surface area (Å²) in [5, 5.41) is 8.70. The lowest BCUT2D eigenvalue weighted by Gasteiger charge is -2.00. The van der Waals surface area contributed by atoms with Gasteiger partial charge in [0.1, 0.15) is 0 Å². The molecule has 0 aromatic rings. The Balaban J connectivity index is 2.19. The molecule has 0 aromatic heterocycles. The normalized spacial score (nSPS) is 46.4. The monoisotopic (exact) mass is 144 g/mol. The van der Waals surface area contributed by atoms with Gasteiger partial charge in [-0.1, -0.05) is 0 Å². The number of thioether (sulfide) groups is 1. The third-order valence-corrected chi connectivity index (χ3v) is 3.69. The Kier molecular flexibility index (Phi) is 0.903. The molecule has 0 spiro atoms. The number of fused-ring (bicyclic) bond motifs is 1. The van der Waals surface area contributed by atoms with Crippen LogP contribution in [0.2, 0.25) is 0 Å². The minimum Gasteiger partial charge on any atom is -0.481 e. The number of carboxylic acid groups (broad SMARTS) is 1. The van der Waals surface area contributed by atoms with Crippen molar-refractivity contribution in [2.45, 2.75) is 6.42 Å². The first kappa shape index (κ1) is 5.59. The highest BCUT2D eigenvalue weighted by Gasteiger charge is 2.63. The zero-order valence-corrected chi connectivity index (χ0v) is 5.78. The van der Waals surface area contributed by atoms with Gasteiger partial charge in [-0.2, -0.15) is 11.8 Å². The van der Waals surface area contributed by atoms with Gasteiger partial charge in [-0.15, -0.1) is 0 Å². The highest BCUT2D eigenvalue weighted by atomic mass is 32.2. The maximum Gasteiger partial charge on any atom is 0.310 e. The molecule has 0 aromatic carbocycles. The molecule has 1 saturated heterocycles. The van der Waals surface area contributed by atoms with Crippen LogP contribution in [0.4, 0.5) is 0 Å². The van der Waals surface area contributed by atoms with E-state index in [-0.39, 0.29) is 5.41 Å². The van der Waals surface area contributed by atoms with Crippen molar-refractivity contribution >= 4 is 17.7 Å². The summed E-state index contributed by atoms with van der Waals surface area (Å²) in [6.07, 6.45) is 0.940. The van der Waals surface area contributed by atoms with Gasteiger partial charge < -0.3 is 5.11 Å². The largest absolute Gasteiger partial charge is 0.481 e. The molecular formula is C6H8O2S. The predicted molar refractivity (Wildman–Crippen MR) is 35.5 cm³/mol. The van der Waals surface area contributed by atoms with Gasteiger partial charge in [-0.25, -0.2) is 0 Å². The molecule has 2 rings (SSSR count). The van der Waals surface area contributed by atoms with E-state index in [9.17, 15) is 4.79 Å². The van der Waals surface area contributed by atoms with Crippen LogP contribution in [-0.2, 0) is 4.79 Å². The standard InChI is InChI=1S/C6H8O2S/c7-5(8)6-1-4(6)2-9-3-6/h4H,1-3H2,(H,7,8).